The van der Waals surface area contributed by atoms with E-state index in [9.17, 15) is 15.0 Å². The summed E-state index contributed by atoms with van der Waals surface area (Å²) < 4.78 is 10.6. The number of ketones is 1. The molecular weight excluding hydrogens is 388 g/mol. The van der Waals surface area contributed by atoms with Crippen LogP contribution in [0, 0.1) is 6.92 Å². The van der Waals surface area contributed by atoms with Crippen LogP contribution in [-0.4, -0.2) is 43.5 Å². The number of ether oxygens (including phenoxy) is 1. The number of hydrogen-bond donors (Lipinski definition) is 3. The molecule has 2 atom stereocenters. The van der Waals surface area contributed by atoms with E-state index in [-0.39, 0.29) is 18.1 Å². The number of carbonyl (C=O) groups excluding carboxylic acids is 1. The van der Waals surface area contributed by atoms with Crippen molar-refractivity contribution in [3.05, 3.63) is 71.2 Å². The quantitative estimate of drug-likeness (QED) is 0.488. The van der Waals surface area contributed by atoms with Crippen molar-refractivity contribution in [1.29, 1.82) is 0 Å². The molecule has 0 aliphatic heterocycles. The molecule has 0 aliphatic rings. The molecule has 8 heteroatoms. The van der Waals surface area contributed by atoms with Crippen LogP contribution in [0.15, 0.2) is 53.2 Å². The van der Waals surface area contributed by atoms with Crippen molar-refractivity contribution in [2.45, 2.75) is 38.8 Å². The number of rotatable bonds is 9. The second-order valence-electron chi connectivity index (χ2n) is 7.17. The first kappa shape index (κ1) is 21.8. The highest BCUT2D eigenvalue weighted by Gasteiger charge is 2.43. The first-order valence-corrected chi connectivity index (χ1v) is 9.42. The predicted molar refractivity (Wildman–Crippen MR) is 107 cm³/mol. The molecule has 0 amide bonds. The lowest BCUT2D eigenvalue weighted by Gasteiger charge is -2.31. The van der Waals surface area contributed by atoms with Gasteiger partial charge in [0.1, 0.15) is 25.0 Å². The van der Waals surface area contributed by atoms with Gasteiger partial charge in [-0.2, -0.15) is 0 Å². The van der Waals surface area contributed by atoms with Gasteiger partial charge in [0, 0.05) is 17.8 Å². The molecule has 158 valence electrons. The first-order chi connectivity index (χ1) is 14.4. The zero-order valence-electron chi connectivity index (χ0n) is 16.8. The number of hydrogen-bond acceptors (Lipinski definition) is 8. The molecule has 0 spiro atoms. The van der Waals surface area contributed by atoms with Gasteiger partial charge in [0.05, 0.1) is 12.3 Å². The molecule has 2 aromatic heterocycles. The number of aryl methyl sites for hydroxylation is 1. The van der Waals surface area contributed by atoms with Gasteiger partial charge in [-0.05, 0) is 31.0 Å². The van der Waals surface area contributed by atoms with Crippen LogP contribution in [0.25, 0.3) is 11.3 Å². The molecule has 0 unspecified atom stereocenters. The Morgan fingerprint density at radius 1 is 1.20 bits per heavy atom. The molecule has 0 saturated carbocycles. The molecule has 3 rings (SSSR count). The maximum Gasteiger partial charge on any atom is 0.192 e. The van der Waals surface area contributed by atoms with Crippen LogP contribution in [0.5, 0.6) is 0 Å². The number of nitrogens with zero attached hydrogens (tertiary/aromatic N) is 2. The van der Waals surface area contributed by atoms with Crippen molar-refractivity contribution < 1.29 is 29.4 Å². The molecule has 2 heterocycles. The maximum absolute atomic E-state index is 12.4. The molecule has 0 bridgehead atoms. The van der Waals surface area contributed by atoms with Gasteiger partial charge in [-0.3, -0.25) is 9.78 Å². The van der Waals surface area contributed by atoms with Crippen LogP contribution < -0.4 is 0 Å². The van der Waals surface area contributed by atoms with Gasteiger partial charge in [0.15, 0.2) is 17.1 Å². The van der Waals surface area contributed by atoms with Gasteiger partial charge in [-0.1, -0.05) is 35.5 Å². The summed E-state index contributed by atoms with van der Waals surface area (Å²) in [6.07, 6.45) is 0.309. The first-order valence-electron chi connectivity index (χ1n) is 9.42. The van der Waals surface area contributed by atoms with E-state index < -0.39 is 30.7 Å². The van der Waals surface area contributed by atoms with E-state index in [2.05, 4.69) is 10.1 Å². The molecule has 3 N–H and O–H groups in total. The third kappa shape index (κ3) is 4.63. The number of pyridine rings is 1. The molecule has 1 aromatic carbocycles. The van der Waals surface area contributed by atoms with E-state index in [1.165, 1.54) is 13.0 Å². The van der Waals surface area contributed by atoms with Crippen LogP contribution in [0.4, 0.5) is 0 Å². The van der Waals surface area contributed by atoms with Crippen LogP contribution >= 0.6 is 0 Å². The van der Waals surface area contributed by atoms with Crippen LogP contribution in [0.1, 0.15) is 35.6 Å². The summed E-state index contributed by atoms with van der Waals surface area (Å²) in [4.78, 5) is 16.8. The zero-order valence-corrected chi connectivity index (χ0v) is 16.8. The van der Waals surface area contributed by atoms with E-state index in [1.807, 2.05) is 43.3 Å². The van der Waals surface area contributed by atoms with Gasteiger partial charge in [-0.25, -0.2) is 0 Å². The number of benzene rings is 1. The molecule has 8 nitrogen and oxygen atoms in total. The second-order valence-corrected chi connectivity index (χ2v) is 7.17. The van der Waals surface area contributed by atoms with Crippen LogP contribution in [0.3, 0.4) is 0 Å². The Labute approximate surface area is 173 Å². The van der Waals surface area contributed by atoms with Crippen molar-refractivity contribution in [3.63, 3.8) is 0 Å². The lowest BCUT2D eigenvalue weighted by Crippen LogP contribution is -2.46. The van der Waals surface area contributed by atoms with E-state index in [4.69, 9.17) is 14.4 Å². The molecule has 0 radical (unpaired) electrons. The molecule has 30 heavy (non-hydrogen) atoms. The van der Waals surface area contributed by atoms with Crippen LogP contribution in [-0.2, 0) is 22.7 Å². The summed E-state index contributed by atoms with van der Waals surface area (Å²) in [6, 6.07) is 12.7. The van der Waals surface area contributed by atoms with E-state index in [0.29, 0.717) is 0 Å². The number of Topliss-reactive ketones (excluding diaryl/α,β-unsaturated/α-hetero) is 1. The highest BCUT2D eigenvalue weighted by molar-refractivity contribution is 5.88. The Hall–Kier alpha value is -2.91. The van der Waals surface area contributed by atoms with E-state index in [0.717, 1.165) is 22.4 Å². The standard InChI is InChI=1S/C22H24N2O6/c1-14-3-8-18(23-10-14)16-6-4-15(5-7-16)13-29-22(2,20(27)12-26)21(28)19-9-17(11-25)30-24-19/h3-10,21,25-26,28H,11-13H2,1-2H3/t21-,22+/m0/s1. The average molecular weight is 412 g/mol. The highest BCUT2D eigenvalue weighted by atomic mass is 16.5. The molecule has 3 aromatic rings. The smallest absolute Gasteiger partial charge is 0.192 e. The monoisotopic (exact) mass is 412 g/mol. The van der Waals surface area contributed by atoms with E-state index >= 15 is 0 Å². The SMILES string of the molecule is Cc1ccc(-c2ccc(CO[C@](C)(C(=O)CO)[C@@H](O)c3cc(CO)on3)cc2)nc1. The summed E-state index contributed by atoms with van der Waals surface area (Å²) in [5, 5.41) is 32.8. The number of carbonyl (C=O) groups is 1. The van der Waals surface area contributed by atoms with Gasteiger partial charge in [-0.15, -0.1) is 0 Å². The highest BCUT2D eigenvalue weighted by Crippen LogP contribution is 2.31. The maximum atomic E-state index is 12.4. The summed E-state index contributed by atoms with van der Waals surface area (Å²) in [5.74, 6) is -0.563. The van der Waals surface area contributed by atoms with Crippen molar-refractivity contribution in [1.82, 2.24) is 10.1 Å². The van der Waals surface area contributed by atoms with Gasteiger partial charge < -0.3 is 24.6 Å². The summed E-state index contributed by atoms with van der Waals surface area (Å²) in [7, 11) is 0. The van der Waals surface area contributed by atoms with Crippen molar-refractivity contribution >= 4 is 5.78 Å². The average Bonchev–Trinajstić information content (AvgIpc) is 3.26. The minimum Gasteiger partial charge on any atom is -0.388 e. The van der Waals surface area contributed by atoms with E-state index in [1.54, 1.807) is 6.20 Å². The minimum absolute atomic E-state index is 0.0195. The lowest BCUT2D eigenvalue weighted by molar-refractivity contribution is -0.166. The normalized spacial score (nSPS) is 14.3. The fraction of sp³-hybridized carbons (Fsp3) is 0.318. The Morgan fingerprint density at radius 3 is 2.50 bits per heavy atom. The zero-order chi connectivity index (χ0) is 21.7. The molecule has 0 saturated heterocycles. The Kier molecular flexibility index (Phi) is 6.73. The largest absolute Gasteiger partial charge is 0.388 e. The van der Waals surface area contributed by atoms with Gasteiger partial charge >= 0.3 is 0 Å². The lowest BCUT2D eigenvalue weighted by atomic mass is 9.91. The second kappa shape index (κ2) is 9.27. The van der Waals surface area contributed by atoms with Crippen molar-refractivity contribution in [2.75, 3.05) is 6.61 Å². The molecule has 0 fully saturated rings. The van der Waals surface area contributed by atoms with Gasteiger partial charge in [0.25, 0.3) is 0 Å². The molecule has 0 aliphatic carbocycles. The van der Waals surface area contributed by atoms with Crippen molar-refractivity contribution in [3.8, 4) is 11.3 Å². The number of aromatic nitrogens is 2. The summed E-state index contributed by atoms with van der Waals surface area (Å²) in [5.41, 5.74) is 1.90. The molecular formula is C22H24N2O6. The third-order valence-electron chi connectivity index (χ3n) is 4.93. The fourth-order valence-electron chi connectivity index (χ4n) is 2.93. The third-order valence-corrected chi connectivity index (χ3v) is 4.93. The van der Waals surface area contributed by atoms with Crippen LogP contribution in [0.2, 0.25) is 0 Å². The van der Waals surface area contributed by atoms with Gasteiger partial charge in [0.2, 0.25) is 0 Å². The number of aliphatic hydroxyl groups excluding tert-OH is 3. The summed E-state index contributed by atoms with van der Waals surface area (Å²) in [6.45, 7) is 2.17. The summed E-state index contributed by atoms with van der Waals surface area (Å²) >= 11 is 0. The predicted octanol–water partition coefficient (Wildman–Crippen LogP) is 2.11. The number of aliphatic hydroxyl groups is 3. The Morgan fingerprint density at radius 2 is 1.93 bits per heavy atom. The fourth-order valence-corrected chi connectivity index (χ4v) is 2.93. The minimum atomic E-state index is -1.75. The topological polar surface area (TPSA) is 126 Å². The Balaban J connectivity index is 1.75. The Bertz CT molecular complexity index is 984. The van der Waals surface area contributed by atoms with Crippen molar-refractivity contribution in [2.24, 2.45) is 0 Å².